The molecule has 0 atom stereocenters. The van der Waals surface area contributed by atoms with Gasteiger partial charge in [0.2, 0.25) is 0 Å². The predicted octanol–water partition coefficient (Wildman–Crippen LogP) is 4.27. The number of hydrogen-bond donors (Lipinski definition) is 1. The van der Waals surface area contributed by atoms with E-state index in [1.54, 1.807) is 0 Å². The van der Waals surface area contributed by atoms with E-state index in [4.69, 9.17) is 4.74 Å². The number of amides is 1. The highest BCUT2D eigenvalue weighted by atomic mass is 16.5. The Kier molecular flexibility index (Phi) is 5.74. The van der Waals surface area contributed by atoms with E-state index in [0.29, 0.717) is 5.69 Å². The molecule has 1 N–H and O–H groups in total. The fraction of sp³-hybridized carbons (Fsp3) is 0.300. The monoisotopic (exact) mass is 325 g/mol. The van der Waals surface area contributed by atoms with Crippen molar-refractivity contribution >= 4 is 17.6 Å². The highest BCUT2D eigenvalue weighted by Crippen LogP contribution is 2.27. The highest BCUT2D eigenvalue weighted by Gasteiger charge is 2.18. The van der Waals surface area contributed by atoms with Gasteiger partial charge >= 0.3 is 5.97 Å². The number of para-hydroxylation sites is 1. The molecule has 0 aliphatic heterocycles. The predicted molar refractivity (Wildman–Crippen MR) is 95.5 cm³/mol. The molecule has 126 valence electrons. The van der Waals surface area contributed by atoms with Crippen LogP contribution in [0, 0.1) is 5.41 Å². The molecule has 0 aromatic heterocycles. The molecule has 4 nitrogen and oxygen atoms in total. The molecule has 2 rings (SSSR count). The quantitative estimate of drug-likeness (QED) is 0.835. The maximum absolute atomic E-state index is 12.1. The minimum Gasteiger partial charge on any atom is -0.456 e. The van der Waals surface area contributed by atoms with Crippen LogP contribution in [0.1, 0.15) is 27.2 Å². The molecule has 2 aromatic carbocycles. The Balaban J connectivity index is 1.99. The zero-order valence-corrected chi connectivity index (χ0v) is 14.3. The lowest BCUT2D eigenvalue weighted by molar-refractivity contribution is -0.149. The van der Waals surface area contributed by atoms with E-state index in [1.165, 1.54) is 0 Å². The summed E-state index contributed by atoms with van der Waals surface area (Å²) in [6.45, 7) is 5.57. The molecule has 0 aliphatic carbocycles. The molecular formula is C20H23NO3. The Hall–Kier alpha value is -2.62. The van der Waals surface area contributed by atoms with Crippen LogP contribution in [-0.4, -0.2) is 18.5 Å². The van der Waals surface area contributed by atoms with Crippen molar-refractivity contribution in [1.82, 2.24) is 0 Å². The molecule has 0 unspecified atom stereocenters. The van der Waals surface area contributed by atoms with E-state index in [-0.39, 0.29) is 30.3 Å². The molecule has 4 heteroatoms. The molecule has 0 bridgehead atoms. The number of benzene rings is 2. The van der Waals surface area contributed by atoms with Crippen molar-refractivity contribution in [3.8, 4) is 11.1 Å². The second-order valence-corrected chi connectivity index (χ2v) is 6.86. The summed E-state index contributed by atoms with van der Waals surface area (Å²) in [6, 6.07) is 17.3. The number of nitrogens with one attached hydrogen (secondary N) is 1. The second kappa shape index (κ2) is 7.77. The third-order valence-corrected chi connectivity index (χ3v) is 3.32. The maximum atomic E-state index is 12.1. The molecule has 0 fully saturated rings. The lowest BCUT2D eigenvalue weighted by atomic mass is 9.92. The molecule has 0 spiro atoms. The molecule has 0 saturated heterocycles. The molecular weight excluding hydrogens is 302 g/mol. The van der Waals surface area contributed by atoms with Crippen molar-refractivity contribution < 1.29 is 14.3 Å². The van der Waals surface area contributed by atoms with Crippen molar-refractivity contribution in [3.05, 3.63) is 54.6 Å². The number of ether oxygens (including phenoxy) is 1. The number of carbonyl (C=O) groups excluding carboxylic acids is 2. The normalized spacial score (nSPS) is 11.0. The van der Waals surface area contributed by atoms with Gasteiger partial charge < -0.3 is 10.1 Å². The van der Waals surface area contributed by atoms with E-state index < -0.39 is 0 Å². The minimum atomic E-state index is -0.367. The molecule has 0 aliphatic rings. The summed E-state index contributed by atoms with van der Waals surface area (Å²) >= 11 is 0. The van der Waals surface area contributed by atoms with Crippen LogP contribution in [0.15, 0.2) is 54.6 Å². The summed E-state index contributed by atoms with van der Waals surface area (Å²) in [6.07, 6.45) is 0.279. The number of esters is 1. The third-order valence-electron chi connectivity index (χ3n) is 3.32. The van der Waals surface area contributed by atoms with Crippen LogP contribution < -0.4 is 5.32 Å². The van der Waals surface area contributed by atoms with E-state index in [1.807, 2.05) is 75.4 Å². The first-order valence-electron chi connectivity index (χ1n) is 7.95. The van der Waals surface area contributed by atoms with Crippen molar-refractivity contribution in [2.75, 3.05) is 11.9 Å². The SMILES string of the molecule is CC(C)(C)CC(=O)OCC(=O)Nc1ccccc1-c1ccccc1. The van der Waals surface area contributed by atoms with Crippen LogP contribution in [0.2, 0.25) is 0 Å². The first kappa shape index (κ1) is 17.7. The zero-order valence-electron chi connectivity index (χ0n) is 14.3. The summed E-state index contributed by atoms with van der Waals surface area (Å²) in [4.78, 5) is 23.8. The van der Waals surface area contributed by atoms with E-state index in [9.17, 15) is 9.59 Å². The summed E-state index contributed by atoms with van der Waals surface area (Å²) < 4.78 is 5.05. The summed E-state index contributed by atoms with van der Waals surface area (Å²) in [5.41, 5.74) is 2.47. The smallest absolute Gasteiger partial charge is 0.306 e. The molecule has 0 heterocycles. The molecule has 1 amide bonds. The Morgan fingerprint density at radius 2 is 1.58 bits per heavy atom. The van der Waals surface area contributed by atoms with Gasteiger partial charge in [0.25, 0.3) is 5.91 Å². The Bertz CT molecular complexity index is 702. The Morgan fingerprint density at radius 1 is 0.958 bits per heavy atom. The van der Waals surface area contributed by atoms with Gasteiger partial charge in [-0.05, 0) is 17.0 Å². The fourth-order valence-electron chi connectivity index (χ4n) is 2.28. The average molecular weight is 325 g/mol. The first-order chi connectivity index (χ1) is 11.3. The van der Waals surface area contributed by atoms with Crippen molar-refractivity contribution in [2.45, 2.75) is 27.2 Å². The fourth-order valence-corrected chi connectivity index (χ4v) is 2.28. The van der Waals surface area contributed by atoms with Gasteiger partial charge in [-0.1, -0.05) is 69.3 Å². The first-order valence-corrected chi connectivity index (χ1v) is 7.95. The van der Waals surface area contributed by atoms with Gasteiger partial charge in [0.15, 0.2) is 6.61 Å². The van der Waals surface area contributed by atoms with E-state index in [2.05, 4.69) is 5.32 Å². The molecule has 24 heavy (non-hydrogen) atoms. The lowest BCUT2D eigenvalue weighted by Crippen LogP contribution is -2.23. The zero-order chi connectivity index (χ0) is 17.6. The van der Waals surface area contributed by atoms with Crippen molar-refractivity contribution in [1.29, 1.82) is 0 Å². The molecule has 0 saturated carbocycles. The van der Waals surface area contributed by atoms with Crippen molar-refractivity contribution in [2.24, 2.45) is 5.41 Å². The van der Waals surface area contributed by atoms with Crippen molar-refractivity contribution in [3.63, 3.8) is 0 Å². The summed E-state index contributed by atoms with van der Waals surface area (Å²) in [7, 11) is 0. The van der Waals surface area contributed by atoms with Gasteiger partial charge in [-0.15, -0.1) is 0 Å². The average Bonchev–Trinajstić information content (AvgIpc) is 2.53. The highest BCUT2D eigenvalue weighted by molar-refractivity contribution is 5.96. The standard InChI is InChI=1S/C20H23NO3/c1-20(2,3)13-19(23)24-14-18(22)21-17-12-8-7-11-16(17)15-9-5-4-6-10-15/h4-12H,13-14H2,1-3H3,(H,21,22). The van der Waals surface area contributed by atoms with Crippen LogP contribution in [0.3, 0.4) is 0 Å². The van der Waals surface area contributed by atoms with Gasteiger partial charge in [0.1, 0.15) is 0 Å². The van der Waals surface area contributed by atoms with Gasteiger partial charge in [0.05, 0.1) is 6.42 Å². The summed E-state index contributed by atoms with van der Waals surface area (Å²) in [5, 5.41) is 2.81. The lowest BCUT2D eigenvalue weighted by Gasteiger charge is -2.16. The Morgan fingerprint density at radius 3 is 2.25 bits per heavy atom. The van der Waals surface area contributed by atoms with Crippen LogP contribution >= 0.6 is 0 Å². The largest absolute Gasteiger partial charge is 0.456 e. The van der Waals surface area contributed by atoms with Crippen LogP contribution in [0.5, 0.6) is 0 Å². The van der Waals surface area contributed by atoms with Gasteiger partial charge in [0, 0.05) is 11.3 Å². The number of carbonyl (C=O) groups is 2. The number of anilines is 1. The summed E-state index contributed by atoms with van der Waals surface area (Å²) in [5.74, 6) is -0.713. The van der Waals surface area contributed by atoms with Gasteiger partial charge in [-0.2, -0.15) is 0 Å². The minimum absolute atomic E-state index is 0.159. The van der Waals surface area contributed by atoms with Crippen LogP contribution in [0.4, 0.5) is 5.69 Å². The second-order valence-electron chi connectivity index (χ2n) is 6.86. The maximum Gasteiger partial charge on any atom is 0.306 e. The Labute approximate surface area is 142 Å². The van der Waals surface area contributed by atoms with Gasteiger partial charge in [-0.25, -0.2) is 0 Å². The topological polar surface area (TPSA) is 55.4 Å². The van der Waals surface area contributed by atoms with E-state index >= 15 is 0 Å². The number of rotatable bonds is 5. The third kappa shape index (κ3) is 5.54. The molecule has 0 radical (unpaired) electrons. The van der Waals surface area contributed by atoms with Crippen LogP contribution in [-0.2, 0) is 14.3 Å². The van der Waals surface area contributed by atoms with Crippen LogP contribution in [0.25, 0.3) is 11.1 Å². The molecule has 2 aromatic rings. The number of hydrogen-bond acceptors (Lipinski definition) is 3. The van der Waals surface area contributed by atoms with E-state index in [0.717, 1.165) is 11.1 Å². The van der Waals surface area contributed by atoms with Gasteiger partial charge in [-0.3, -0.25) is 9.59 Å².